The van der Waals surface area contributed by atoms with Crippen LogP contribution in [0.3, 0.4) is 0 Å². The van der Waals surface area contributed by atoms with Crippen LogP contribution in [-0.2, 0) is 26.2 Å². The van der Waals surface area contributed by atoms with Gasteiger partial charge in [0.25, 0.3) is 10.0 Å². The summed E-state index contributed by atoms with van der Waals surface area (Å²) in [4.78, 5) is 28.0. The Kier molecular flexibility index (Phi) is 9.77. The Labute approximate surface area is 229 Å². The van der Waals surface area contributed by atoms with Crippen molar-refractivity contribution in [2.75, 3.05) is 25.0 Å². The Morgan fingerprint density at radius 3 is 2.11 bits per heavy atom. The summed E-state index contributed by atoms with van der Waals surface area (Å²) in [5.41, 5.74) is 2.15. The van der Waals surface area contributed by atoms with E-state index < -0.39 is 28.5 Å². The van der Waals surface area contributed by atoms with Gasteiger partial charge in [0.15, 0.2) is 0 Å². The number of nitrogens with one attached hydrogen (secondary N) is 1. The van der Waals surface area contributed by atoms with Crippen LogP contribution in [0.25, 0.3) is 0 Å². The Bertz CT molecular complexity index is 1340. The predicted octanol–water partition coefficient (Wildman–Crippen LogP) is 4.41. The quantitative estimate of drug-likeness (QED) is 0.377. The molecular weight excluding hydrogens is 526 g/mol. The molecule has 0 radical (unpaired) electrons. The van der Waals surface area contributed by atoms with Crippen molar-refractivity contribution >= 4 is 39.1 Å². The molecule has 0 saturated heterocycles. The summed E-state index contributed by atoms with van der Waals surface area (Å²) in [7, 11) is -1.18. The van der Waals surface area contributed by atoms with Gasteiger partial charge in [-0.15, -0.1) is 0 Å². The molecule has 0 saturated carbocycles. The molecule has 0 unspecified atom stereocenters. The van der Waals surface area contributed by atoms with E-state index in [1.807, 2.05) is 31.2 Å². The van der Waals surface area contributed by atoms with Crippen LogP contribution in [0, 0.1) is 6.92 Å². The molecule has 0 heterocycles. The highest BCUT2D eigenvalue weighted by Crippen LogP contribution is 2.27. The minimum absolute atomic E-state index is 0.00974. The maximum Gasteiger partial charge on any atom is 0.264 e. The molecule has 3 aromatic carbocycles. The number of nitrogens with zero attached hydrogens (tertiary/aromatic N) is 2. The number of rotatable bonds is 11. The van der Waals surface area contributed by atoms with E-state index >= 15 is 0 Å². The fourth-order valence-electron chi connectivity index (χ4n) is 3.99. The van der Waals surface area contributed by atoms with Crippen LogP contribution in [0.5, 0.6) is 5.75 Å². The minimum atomic E-state index is -4.17. The summed E-state index contributed by atoms with van der Waals surface area (Å²) in [6, 6.07) is 18.9. The number of anilines is 1. The van der Waals surface area contributed by atoms with E-state index in [4.69, 9.17) is 16.3 Å². The summed E-state index contributed by atoms with van der Waals surface area (Å²) >= 11 is 6.05. The fourth-order valence-corrected chi connectivity index (χ4v) is 5.53. The molecule has 0 aromatic heterocycles. The van der Waals surface area contributed by atoms with Crippen molar-refractivity contribution in [3.8, 4) is 5.75 Å². The first-order valence-corrected chi connectivity index (χ1v) is 13.9. The van der Waals surface area contributed by atoms with Gasteiger partial charge in [0, 0.05) is 18.6 Å². The average molecular weight is 558 g/mol. The number of carbonyl (C=O) groups excluding carboxylic acids is 2. The molecule has 38 heavy (non-hydrogen) atoms. The number of halogens is 1. The lowest BCUT2D eigenvalue weighted by atomic mass is 10.1. The number of sulfonamides is 1. The Balaban J connectivity index is 2.04. The highest BCUT2D eigenvalue weighted by molar-refractivity contribution is 7.92. The maximum atomic E-state index is 13.9. The first-order valence-electron chi connectivity index (χ1n) is 12.1. The van der Waals surface area contributed by atoms with Gasteiger partial charge < -0.3 is 15.0 Å². The molecule has 3 rings (SSSR count). The second kappa shape index (κ2) is 12.8. The van der Waals surface area contributed by atoms with Crippen LogP contribution in [0.15, 0.2) is 77.7 Å². The van der Waals surface area contributed by atoms with E-state index in [2.05, 4.69) is 5.32 Å². The molecule has 0 aliphatic carbocycles. The second-order valence-electron chi connectivity index (χ2n) is 8.71. The number of hydrogen-bond donors (Lipinski definition) is 1. The zero-order valence-electron chi connectivity index (χ0n) is 21.8. The Morgan fingerprint density at radius 1 is 0.974 bits per heavy atom. The zero-order chi connectivity index (χ0) is 27.9. The normalized spacial score (nSPS) is 11.9. The molecule has 10 heteroatoms. The lowest BCUT2D eigenvalue weighted by molar-refractivity contribution is -0.140. The van der Waals surface area contributed by atoms with E-state index in [9.17, 15) is 18.0 Å². The average Bonchev–Trinajstić information content (AvgIpc) is 2.92. The van der Waals surface area contributed by atoms with Crippen molar-refractivity contribution in [2.24, 2.45) is 0 Å². The van der Waals surface area contributed by atoms with Gasteiger partial charge in [-0.05, 0) is 67.4 Å². The number of methoxy groups -OCH3 is 1. The zero-order valence-corrected chi connectivity index (χ0v) is 23.4. The molecular formula is C28H32ClN3O5S. The Hall–Kier alpha value is -3.56. The highest BCUT2D eigenvalue weighted by atomic mass is 35.5. The molecule has 202 valence electrons. The summed E-state index contributed by atoms with van der Waals surface area (Å²) in [5, 5.41) is 3.04. The van der Waals surface area contributed by atoms with Gasteiger partial charge in [-0.2, -0.15) is 0 Å². The lowest BCUT2D eigenvalue weighted by Crippen LogP contribution is -2.51. The number of amides is 2. The van der Waals surface area contributed by atoms with Crippen molar-refractivity contribution in [3.05, 3.63) is 88.9 Å². The van der Waals surface area contributed by atoms with Crippen LogP contribution in [0.2, 0.25) is 5.02 Å². The van der Waals surface area contributed by atoms with Crippen molar-refractivity contribution in [3.63, 3.8) is 0 Å². The van der Waals surface area contributed by atoms with Gasteiger partial charge in [0.2, 0.25) is 11.8 Å². The molecule has 0 fully saturated rings. The number of carbonyl (C=O) groups is 2. The van der Waals surface area contributed by atoms with Crippen molar-refractivity contribution in [1.29, 1.82) is 0 Å². The standard InChI is InChI=1S/C28H32ClN3O5S/c1-5-26(28(34)30-3)31(18-21-8-6-20(2)7-9-21)27(33)19-32(23-12-10-22(29)11-13-23)38(35,36)25-16-14-24(37-4)15-17-25/h6-17,26H,5,18-19H2,1-4H3,(H,30,34)/t26-/m1/s1. The van der Waals surface area contributed by atoms with Gasteiger partial charge in [0.05, 0.1) is 17.7 Å². The number of hydrogen-bond acceptors (Lipinski definition) is 5. The number of aryl methyl sites for hydroxylation is 1. The third-order valence-electron chi connectivity index (χ3n) is 6.15. The van der Waals surface area contributed by atoms with Crippen LogP contribution in [0.4, 0.5) is 5.69 Å². The van der Waals surface area contributed by atoms with Gasteiger partial charge in [0.1, 0.15) is 18.3 Å². The van der Waals surface area contributed by atoms with E-state index in [0.717, 1.165) is 15.4 Å². The van der Waals surface area contributed by atoms with E-state index in [-0.39, 0.29) is 23.0 Å². The van der Waals surface area contributed by atoms with Gasteiger partial charge in [-0.25, -0.2) is 8.42 Å². The summed E-state index contributed by atoms with van der Waals surface area (Å²) < 4.78 is 33.8. The molecule has 3 aromatic rings. The maximum absolute atomic E-state index is 13.9. The minimum Gasteiger partial charge on any atom is -0.497 e. The molecule has 1 N–H and O–H groups in total. The summed E-state index contributed by atoms with van der Waals surface area (Å²) in [6.45, 7) is 3.39. The SMILES string of the molecule is CC[C@H](C(=O)NC)N(Cc1ccc(C)cc1)C(=O)CN(c1ccc(Cl)cc1)S(=O)(=O)c1ccc(OC)cc1. The summed E-state index contributed by atoms with van der Waals surface area (Å²) in [5.74, 6) is -0.351. The van der Waals surface area contributed by atoms with Crippen molar-refractivity contribution < 1.29 is 22.7 Å². The predicted molar refractivity (Wildman–Crippen MR) is 149 cm³/mol. The molecule has 1 atom stereocenters. The van der Waals surface area contributed by atoms with E-state index in [0.29, 0.717) is 17.2 Å². The molecule has 8 nitrogen and oxygen atoms in total. The Morgan fingerprint density at radius 2 is 1.58 bits per heavy atom. The smallest absolute Gasteiger partial charge is 0.264 e. The van der Waals surface area contributed by atoms with Crippen LogP contribution in [0.1, 0.15) is 24.5 Å². The van der Waals surface area contributed by atoms with Gasteiger partial charge >= 0.3 is 0 Å². The molecule has 0 aliphatic heterocycles. The highest BCUT2D eigenvalue weighted by Gasteiger charge is 2.33. The lowest BCUT2D eigenvalue weighted by Gasteiger charge is -2.33. The van der Waals surface area contributed by atoms with Crippen LogP contribution in [-0.4, -0.2) is 51.9 Å². The van der Waals surface area contributed by atoms with E-state index in [1.54, 1.807) is 19.1 Å². The summed E-state index contributed by atoms with van der Waals surface area (Å²) in [6.07, 6.45) is 0.351. The second-order valence-corrected chi connectivity index (χ2v) is 11.0. The number of benzene rings is 3. The largest absolute Gasteiger partial charge is 0.497 e. The first-order chi connectivity index (χ1) is 18.1. The molecule has 0 spiro atoms. The monoisotopic (exact) mass is 557 g/mol. The number of likely N-dealkylation sites (N-methyl/N-ethyl adjacent to an activating group) is 1. The molecule has 0 aliphatic rings. The first kappa shape index (κ1) is 29.0. The van der Waals surface area contributed by atoms with Crippen LogP contribution < -0.4 is 14.4 Å². The number of ether oxygens (including phenoxy) is 1. The fraction of sp³-hybridized carbons (Fsp3) is 0.286. The molecule has 0 bridgehead atoms. The van der Waals surface area contributed by atoms with Crippen molar-refractivity contribution in [1.82, 2.24) is 10.2 Å². The molecule has 2 amide bonds. The van der Waals surface area contributed by atoms with Gasteiger partial charge in [-0.1, -0.05) is 48.4 Å². The van der Waals surface area contributed by atoms with Crippen LogP contribution >= 0.6 is 11.6 Å². The van der Waals surface area contributed by atoms with Gasteiger partial charge in [-0.3, -0.25) is 13.9 Å². The van der Waals surface area contributed by atoms with Crippen molar-refractivity contribution in [2.45, 2.75) is 37.8 Å². The third kappa shape index (κ3) is 6.85. The topological polar surface area (TPSA) is 96.0 Å². The van der Waals surface area contributed by atoms with E-state index in [1.165, 1.54) is 55.5 Å². The third-order valence-corrected chi connectivity index (χ3v) is 8.19.